The third kappa shape index (κ3) is 12.1. The van der Waals surface area contributed by atoms with Gasteiger partial charge in [-0.2, -0.15) is 0 Å². The van der Waals surface area contributed by atoms with Crippen LogP contribution >= 0.6 is 0 Å². The predicted octanol–water partition coefficient (Wildman–Crippen LogP) is 1.62. The van der Waals surface area contributed by atoms with Crippen LogP contribution < -0.4 is 0 Å². The molecule has 10 heavy (non-hydrogen) atoms. The summed E-state index contributed by atoms with van der Waals surface area (Å²) >= 11 is 0. The van der Waals surface area contributed by atoms with Crippen LogP contribution in [0.1, 0.15) is 13.3 Å². The first-order chi connectivity index (χ1) is 3.81. The minimum atomic E-state index is 0. The zero-order valence-corrected chi connectivity index (χ0v) is 11.7. The van der Waals surface area contributed by atoms with Gasteiger partial charge in [-0.05, 0) is 12.3 Å². The Morgan fingerprint density at radius 1 is 1.60 bits per heavy atom. The van der Waals surface area contributed by atoms with Gasteiger partial charge in [0.15, 0.2) is 0 Å². The third-order valence-electron chi connectivity index (χ3n) is 0.844. The van der Waals surface area contributed by atoms with E-state index in [0.717, 1.165) is 0 Å². The Bertz CT molecular complexity index is 109. The van der Waals surface area contributed by atoms with Gasteiger partial charge in [-0.1, -0.05) is 6.92 Å². The normalized spacial score (nSPS) is 9.60. The third-order valence-corrected chi connectivity index (χ3v) is 0.844. The molecule has 2 radical (unpaired) electrons. The fourth-order valence-corrected chi connectivity index (χ4v) is 0.378. The summed E-state index contributed by atoms with van der Waals surface area (Å²) in [6, 6.07) is 0. The molecule has 0 saturated carbocycles. The van der Waals surface area contributed by atoms with E-state index in [1.165, 1.54) is 0 Å². The summed E-state index contributed by atoms with van der Waals surface area (Å²) in [7, 11) is 0. The van der Waals surface area contributed by atoms with Crippen LogP contribution in [0.25, 0.3) is 5.53 Å². The molecule has 0 spiro atoms. The zero-order valence-electron chi connectivity index (χ0n) is 6.04. The summed E-state index contributed by atoms with van der Waals surface area (Å²) in [4.78, 5) is 0. The molecule has 0 saturated heterocycles. The Morgan fingerprint density at radius 2 is 2.10 bits per heavy atom. The Kier molecular flexibility index (Phi) is 22.7. The van der Waals surface area contributed by atoms with Crippen LogP contribution in [0.15, 0.2) is 5.11 Å². The van der Waals surface area contributed by atoms with Crippen LogP contribution in [0.2, 0.25) is 0 Å². The molecule has 1 unspecified atom stereocenters. The Hall–Kier alpha value is 1.37. The van der Waals surface area contributed by atoms with Crippen molar-refractivity contribution in [1.82, 2.24) is 0 Å². The molecule has 1 atom stereocenters. The van der Waals surface area contributed by atoms with Gasteiger partial charge in [0.1, 0.15) is 0 Å². The van der Waals surface area contributed by atoms with Crippen LogP contribution in [-0.4, -0.2) is 6.54 Å². The van der Waals surface area contributed by atoms with Crippen LogP contribution in [0.3, 0.4) is 0 Å². The second-order valence-electron chi connectivity index (χ2n) is 1.81. The van der Waals surface area contributed by atoms with Crippen LogP contribution in [-0.2, 0) is 65.4 Å². The van der Waals surface area contributed by atoms with Crippen molar-refractivity contribution in [3.8, 4) is 5.92 Å². The topological polar surface area (TPSA) is 34.7 Å². The van der Waals surface area contributed by atoms with E-state index in [0.29, 0.717) is 13.0 Å². The average molecular weight is 286 g/mol. The number of nitrogens with zero attached hydrogens (tertiary/aromatic N) is 2. The maximum absolute atomic E-state index is 8.00. The van der Waals surface area contributed by atoms with Gasteiger partial charge in [0.25, 0.3) is 0 Å². The van der Waals surface area contributed by atoms with E-state index in [2.05, 4.69) is 11.0 Å². The molecule has 0 amide bonds. The second kappa shape index (κ2) is 13.0. The number of hydrogen-bond donors (Lipinski definition) is 0. The molecule has 2 nitrogen and oxygen atoms in total. The molecule has 0 aromatic heterocycles. The first-order valence-corrected chi connectivity index (χ1v) is 2.51. The maximum atomic E-state index is 8.00. The fourth-order valence-electron chi connectivity index (χ4n) is 0.378. The van der Waals surface area contributed by atoms with Crippen molar-refractivity contribution < 1.29 is 65.4 Å². The first-order valence-electron chi connectivity index (χ1n) is 2.51. The molecule has 0 fully saturated rings. The van der Waals surface area contributed by atoms with Crippen molar-refractivity contribution in [3.63, 3.8) is 0 Å². The maximum Gasteiger partial charge on any atom is 0.0185 e. The molecule has 0 aliphatic carbocycles. The molecule has 0 aliphatic rings. The van der Waals surface area contributed by atoms with Crippen LogP contribution in [0.4, 0.5) is 0 Å². The van der Waals surface area contributed by atoms with Crippen molar-refractivity contribution in [1.29, 1.82) is 0 Å². The van der Waals surface area contributed by atoms with Gasteiger partial charge in [0, 0.05) is 72.0 Å². The number of hydrogen-bond acceptors (Lipinski definition) is 1. The Labute approximate surface area is 113 Å². The second-order valence-corrected chi connectivity index (χ2v) is 1.81. The van der Waals surface area contributed by atoms with E-state index in [4.69, 9.17) is 12.0 Å². The van der Waals surface area contributed by atoms with Gasteiger partial charge in [-0.25, -0.2) is 0 Å². The molecule has 0 bridgehead atoms. The smallest absolute Gasteiger partial charge is 0.0185 e. The summed E-state index contributed by atoms with van der Waals surface area (Å²) in [6.07, 6.45) is 7.11. The van der Waals surface area contributed by atoms with Crippen LogP contribution in [0, 0.1) is 18.3 Å². The molecule has 0 rings (SSSR count). The average Bonchev–Trinajstić information content (AvgIpc) is 1.68. The van der Waals surface area contributed by atoms with Crippen molar-refractivity contribution >= 4 is 0 Å². The largest absolute Gasteiger partial charge is 0.712 e. The summed E-state index contributed by atoms with van der Waals surface area (Å²) < 4.78 is 0. The monoisotopic (exact) mass is 286 g/mol. The first kappa shape index (κ1) is 17.5. The minimum Gasteiger partial charge on any atom is -0.712 e. The summed E-state index contributed by atoms with van der Waals surface area (Å²) in [5.41, 5.74) is 8.00. The van der Waals surface area contributed by atoms with Gasteiger partial charge in [0.2, 0.25) is 0 Å². The van der Waals surface area contributed by atoms with Crippen molar-refractivity contribution in [2.24, 2.45) is 11.0 Å². The molecule has 0 N–H and O–H groups in total. The summed E-state index contributed by atoms with van der Waals surface area (Å²) in [5.74, 6) is 2.48. The molecule has 50 valence electrons. The van der Waals surface area contributed by atoms with Gasteiger partial charge in [0.05, 0.1) is 0 Å². The van der Waals surface area contributed by atoms with Gasteiger partial charge >= 0.3 is 0 Å². The molecule has 0 heterocycles. The van der Waals surface area contributed by atoms with Gasteiger partial charge in [-0.3, -0.25) is 0 Å². The fraction of sp³-hybridized carbons (Fsp3) is 0.667. The van der Waals surface area contributed by atoms with E-state index in [1.54, 1.807) is 0 Å². The van der Waals surface area contributed by atoms with E-state index in [9.17, 15) is 0 Å². The molecule has 0 aliphatic heterocycles. The summed E-state index contributed by atoms with van der Waals surface area (Å²) in [6.45, 7) is 2.31. The summed E-state index contributed by atoms with van der Waals surface area (Å²) in [5, 5.41) is 2.93. The Balaban J connectivity index is -0.000000245. The molecular weight excluding hydrogens is 278 g/mol. The Morgan fingerprint density at radius 3 is 2.40 bits per heavy atom. The standard InChI is InChI=1S/C6H8N2.2Y/c1-3-4-6(2)5-8-7;;/h6H,4-5H2,2H3;;/q-2;;. The molecule has 0 aromatic carbocycles. The quantitative estimate of drug-likeness (QED) is 0.429. The van der Waals surface area contributed by atoms with Gasteiger partial charge < -0.3 is 23.0 Å². The van der Waals surface area contributed by atoms with E-state index >= 15 is 0 Å². The predicted molar refractivity (Wildman–Crippen MR) is 31.6 cm³/mol. The molecule has 4 heteroatoms. The van der Waals surface area contributed by atoms with E-state index < -0.39 is 0 Å². The van der Waals surface area contributed by atoms with Crippen molar-refractivity contribution in [3.05, 3.63) is 12.0 Å². The zero-order chi connectivity index (χ0) is 6.41. The molecule has 0 aromatic rings. The van der Waals surface area contributed by atoms with E-state index in [-0.39, 0.29) is 71.3 Å². The van der Waals surface area contributed by atoms with Crippen molar-refractivity contribution in [2.75, 3.05) is 6.54 Å². The van der Waals surface area contributed by atoms with E-state index in [1.807, 2.05) is 6.92 Å². The SMILES string of the molecule is [C-]#CCC(C)CN=[N-].[Y].[Y]. The number of rotatable bonds is 3. The van der Waals surface area contributed by atoms with Gasteiger partial charge in [-0.15, -0.1) is 0 Å². The van der Waals surface area contributed by atoms with Crippen molar-refractivity contribution in [2.45, 2.75) is 13.3 Å². The molecular formula is C6H8N2Y2-2. The van der Waals surface area contributed by atoms with Crippen LogP contribution in [0.5, 0.6) is 0 Å². The minimum absolute atomic E-state index is 0.